The summed E-state index contributed by atoms with van der Waals surface area (Å²) in [5.74, 6) is 2.59. The number of rotatable bonds is 4. The monoisotopic (exact) mass is 234 g/mol. The molecule has 0 fully saturated rings. The highest BCUT2D eigenvalue weighted by atomic mass is 16.1. The Kier molecular flexibility index (Phi) is 3.94. The topological polar surface area (TPSA) is 17.1 Å². The van der Waals surface area contributed by atoms with E-state index in [0.717, 1.165) is 16.7 Å². The first-order valence-corrected chi connectivity index (χ1v) is 5.93. The Morgan fingerprint density at radius 2 is 1.56 bits per heavy atom. The van der Waals surface area contributed by atoms with Crippen molar-refractivity contribution >= 4 is 5.78 Å². The van der Waals surface area contributed by atoms with Crippen LogP contribution in [0.5, 0.6) is 0 Å². The van der Waals surface area contributed by atoms with E-state index < -0.39 is 0 Å². The third-order valence-corrected chi connectivity index (χ3v) is 2.81. The lowest BCUT2D eigenvalue weighted by Gasteiger charge is -2.03. The highest BCUT2D eigenvalue weighted by Gasteiger charge is 2.05. The second kappa shape index (κ2) is 5.84. The summed E-state index contributed by atoms with van der Waals surface area (Å²) in [5, 5.41) is 0. The van der Waals surface area contributed by atoms with Crippen LogP contribution in [0.15, 0.2) is 54.6 Å². The molecule has 2 aromatic carbocycles. The van der Waals surface area contributed by atoms with Crippen molar-refractivity contribution in [3.63, 3.8) is 0 Å². The molecule has 0 amide bonds. The molecule has 0 aliphatic rings. The largest absolute Gasteiger partial charge is 0.294 e. The SMILES string of the molecule is C#CCCC(=O)c1ccc(-c2ccccc2)cc1. The molecule has 2 rings (SSSR count). The molecule has 0 atom stereocenters. The average Bonchev–Trinajstić information content (AvgIpc) is 2.46. The number of ketones is 1. The summed E-state index contributed by atoms with van der Waals surface area (Å²) >= 11 is 0. The number of Topliss-reactive ketones (excluding diaryl/α,β-unsaturated/α-hetero) is 1. The molecule has 0 saturated heterocycles. The van der Waals surface area contributed by atoms with Crippen molar-refractivity contribution in [2.45, 2.75) is 12.8 Å². The molecule has 0 radical (unpaired) electrons. The Morgan fingerprint density at radius 1 is 0.944 bits per heavy atom. The lowest BCUT2D eigenvalue weighted by atomic mass is 10.0. The number of terminal acetylenes is 1. The van der Waals surface area contributed by atoms with Crippen LogP contribution in [0.3, 0.4) is 0 Å². The van der Waals surface area contributed by atoms with Gasteiger partial charge in [-0.25, -0.2) is 0 Å². The maximum Gasteiger partial charge on any atom is 0.163 e. The molecule has 0 heterocycles. The first-order chi connectivity index (χ1) is 8.81. The molecule has 0 bridgehead atoms. The van der Waals surface area contributed by atoms with Gasteiger partial charge < -0.3 is 0 Å². The van der Waals surface area contributed by atoms with Gasteiger partial charge >= 0.3 is 0 Å². The van der Waals surface area contributed by atoms with Crippen LogP contribution in [-0.2, 0) is 0 Å². The summed E-state index contributed by atoms with van der Waals surface area (Å²) in [7, 11) is 0. The highest BCUT2D eigenvalue weighted by Crippen LogP contribution is 2.19. The van der Waals surface area contributed by atoms with Gasteiger partial charge in [-0.1, -0.05) is 54.6 Å². The third-order valence-electron chi connectivity index (χ3n) is 2.81. The lowest BCUT2D eigenvalue weighted by molar-refractivity contribution is 0.0984. The van der Waals surface area contributed by atoms with E-state index in [4.69, 9.17) is 6.42 Å². The summed E-state index contributed by atoms with van der Waals surface area (Å²) in [6, 6.07) is 17.8. The molecule has 0 aromatic heterocycles. The molecular weight excluding hydrogens is 220 g/mol. The normalized spacial score (nSPS) is 9.72. The molecule has 0 N–H and O–H groups in total. The predicted octanol–water partition coefficient (Wildman–Crippen LogP) is 3.95. The minimum atomic E-state index is 0.104. The van der Waals surface area contributed by atoms with Crippen molar-refractivity contribution in [2.24, 2.45) is 0 Å². The van der Waals surface area contributed by atoms with Gasteiger partial charge in [-0.05, 0) is 11.1 Å². The molecular formula is C17H14O. The van der Waals surface area contributed by atoms with E-state index in [0.29, 0.717) is 12.8 Å². The van der Waals surface area contributed by atoms with Gasteiger partial charge in [0.25, 0.3) is 0 Å². The fraction of sp³-hybridized carbons (Fsp3) is 0.118. The Labute approximate surface area is 107 Å². The van der Waals surface area contributed by atoms with Gasteiger partial charge in [-0.2, -0.15) is 0 Å². The van der Waals surface area contributed by atoms with E-state index in [1.165, 1.54) is 0 Å². The van der Waals surface area contributed by atoms with Crippen molar-refractivity contribution in [1.82, 2.24) is 0 Å². The van der Waals surface area contributed by atoms with E-state index in [2.05, 4.69) is 18.1 Å². The molecule has 88 valence electrons. The quantitative estimate of drug-likeness (QED) is 0.578. The maximum absolute atomic E-state index is 11.8. The second-order valence-corrected chi connectivity index (χ2v) is 4.07. The lowest BCUT2D eigenvalue weighted by Crippen LogP contribution is -1.97. The number of benzene rings is 2. The molecule has 0 spiro atoms. The first kappa shape index (κ1) is 12.1. The van der Waals surface area contributed by atoms with E-state index in [1.807, 2.05) is 42.5 Å². The first-order valence-electron chi connectivity index (χ1n) is 5.93. The van der Waals surface area contributed by atoms with Gasteiger partial charge in [-0.3, -0.25) is 4.79 Å². The minimum absolute atomic E-state index is 0.104. The summed E-state index contributed by atoms with van der Waals surface area (Å²) in [6.45, 7) is 0. The number of carbonyl (C=O) groups excluding carboxylic acids is 1. The van der Waals surface area contributed by atoms with Crippen LogP contribution in [0, 0.1) is 12.3 Å². The van der Waals surface area contributed by atoms with Crippen molar-refractivity contribution in [2.75, 3.05) is 0 Å². The summed E-state index contributed by atoms with van der Waals surface area (Å²) in [5.41, 5.74) is 2.99. The van der Waals surface area contributed by atoms with Crippen molar-refractivity contribution < 1.29 is 4.79 Å². The van der Waals surface area contributed by atoms with Gasteiger partial charge in [-0.15, -0.1) is 12.3 Å². The maximum atomic E-state index is 11.8. The second-order valence-electron chi connectivity index (χ2n) is 4.07. The Hall–Kier alpha value is -2.33. The van der Waals surface area contributed by atoms with Gasteiger partial charge in [0, 0.05) is 18.4 Å². The number of hydrogen-bond donors (Lipinski definition) is 0. The zero-order chi connectivity index (χ0) is 12.8. The predicted molar refractivity (Wildman–Crippen MR) is 74.3 cm³/mol. The molecule has 2 aromatic rings. The zero-order valence-electron chi connectivity index (χ0n) is 10.1. The van der Waals surface area contributed by atoms with E-state index in [-0.39, 0.29) is 5.78 Å². The van der Waals surface area contributed by atoms with Crippen LogP contribution in [0.1, 0.15) is 23.2 Å². The van der Waals surface area contributed by atoms with Crippen LogP contribution < -0.4 is 0 Å². The van der Waals surface area contributed by atoms with E-state index in [9.17, 15) is 4.79 Å². The van der Waals surface area contributed by atoms with Crippen LogP contribution in [0.4, 0.5) is 0 Å². The average molecular weight is 234 g/mol. The Morgan fingerprint density at radius 3 is 2.17 bits per heavy atom. The third kappa shape index (κ3) is 2.87. The van der Waals surface area contributed by atoms with Gasteiger partial charge in [0.1, 0.15) is 0 Å². The molecule has 18 heavy (non-hydrogen) atoms. The molecule has 0 unspecified atom stereocenters. The van der Waals surface area contributed by atoms with E-state index in [1.54, 1.807) is 0 Å². The number of hydrogen-bond acceptors (Lipinski definition) is 1. The molecule has 0 aliphatic carbocycles. The van der Waals surface area contributed by atoms with Crippen molar-refractivity contribution in [1.29, 1.82) is 0 Å². The zero-order valence-corrected chi connectivity index (χ0v) is 10.1. The van der Waals surface area contributed by atoms with Crippen LogP contribution in [0.25, 0.3) is 11.1 Å². The van der Waals surface area contributed by atoms with Gasteiger partial charge in [0.05, 0.1) is 0 Å². The smallest absolute Gasteiger partial charge is 0.163 e. The Balaban J connectivity index is 2.16. The summed E-state index contributed by atoms with van der Waals surface area (Å²) in [6.07, 6.45) is 6.07. The van der Waals surface area contributed by atoms with Crippen LogP contribution in [-0.4, -0.2) is 5.78 Å². The molecule has 1 heteroatoms. The molecule has 0 saturated carbocycles. The van der Waals surface area contributed by atoms with Gasteiger partial charge in [0.2, 0.25) is 0 Å². The summed E-state index contributed by atoms with van der Waals surface area (Å²) in [4.78, 5) is 11.8. The molecule has 0 aliphatic heterocycles. The molecule has 1 nitrogen and oxygen atoms in total. The van der Waals surface area contributed by atoms with Crippen molar-refractivity contribution in [3.05, 3.63) is 60.2 Å². The standard InChI is InChI=1S/C17H14O/c1-2-3-9-17(18)16-12-10-15(11-13-16)14-7-5-4-6-8-14/h1,4-8,10-13H,3,9H2. The van der Waals surface area contributed by atoms with Crippen LogP contribution >= 0.6 is 0 Å². The van der Waals surface area contributed by atoms with Crippen LogP contribution in [0.2, 0.25) is 0 Å². The van der Waals surface area contributed by atoms with Gasteiger partial charge in [0.15, 0.2) is 5.78 Å². The fourth-order valence-corrected chi connectivity index (χ4v) is 1.81. The Bertz CT molecular complexity index is 559. The minimum Gasteiger partial charge on any atom is -0.294 e. The summed E-state index contributed by atoms with van der Waals surface area (Å²) < 4.78 is 0. The van der Waals surface area contributed by atoms with Crippen molar-refractivity contribution in [3.8, 4) is 23.5 Å². The fourth-order valence-electron chi connectivity index (χ4n) is 1.81. The highest BCUT2D eigenvalue weighted by molar-refractivity contribution is 5.96. The van der Waals surface area contributed by atoms with E-state index >= 15 is 0 Å². The number of carbonyl (C=O) groups is 1.